The Balaban J connectivity index is 1.26. The number of carbonyl (C=O) groups is 3. The smallest absolute Gasteiger partial charge is 0.310 e. The third-order valence-corrected chi connectivity index (χ3v) is 9.75. The van der Waals surface area contributed by atoms with E-state index >= 15 is 0 Å². The highest BCUT2D eigenvalue weighted by atomic mass is 16.6. The van der Waals surface area contributed by atoms with Crippen LogP contribution in [0.5, 0.6) is 0 Å². The molecular weight excluding hydrogens is 340 g/mol. The lowest BCUT2D eigenvalue weighted by Gasteiger charge is -2.38. The molecular formula is C23H28O4. The average molecular weight is 368 g/mol. The maximum absolute atomic E-state index is 13.2. The molecule has 0 spiro atoms. The molecule has 4 nitrogen and oxygen atoms in total. The summed E-state index contributed by atoms with van der Waals surface area (Å²) in [5.74, 6) is 0.672. The molecule has 6 bridgehead atoms. The molecule has 10 unspecified atom stereocenters. The summed E-state index contributed by atoms with van der Waals surface area (Å²) in [6.45, 7) is 6.73. The summed E-state index contributed by atoms with van der Waals surface area (Å²) in [5, 5.41) is 0. The highest BCUT2D eigenvalue weighted by Crippen LogP contribution is 2.66. The van der Waals surface area contributed by atoms with Crippen LogP contribution in [0.2, 0.25) is 0 Å². The van der Waals surface area contributed by atoms with Gasteiger partial charge in [0, 0.05) is 29.6 Å². The monoisotopic (exact) mass is 368 g/mol. The van der Waals surface area contributed by atoms with E-state index in [-0.39, 0.29) is 64.4 Å². The van der Waals surface area contributed by atoms with E-state index in [1.165, 1.54) is 6.42 Å². The summed E-state index contributed by atoms with van der Waals surface area (Å²) < 4.78 is 6.21. The van der Waals surface area contributed by atoms with Crippen LogP contribution < -0.4 is 0 Å². The van der Waals surface area contributed by atoms with E-state index in [1.807, 2.05) is 12.2 Å². The lowest BCUT2D eigenvalue weighted by molar-refractivity contribution is -0.173. The molecule has 6 aliphatic rings. The summed E-state index contributed by atoms with van der Waals surface area (Å²) in [5.41, 5.74) is -0.162. The number of ether oxygens (including phenoxy) is 1. The van der Waals surface area contributed by atoms with Crippen LogP contribution in [0.25, 0.3) is 0 Å². The van der Waals surface area contributed by atoms with Gasteiger partial charge in [-0.15, -0.1) is 0 Å². The van der Waals surface area contributed by atoms with Gasteiger partial charge < -0.3 is 4.74 Å². The van der Waals surface area contributed by atoms with Crippen LogP contribution >= 0.6 is 0 Å². The van der Waals surface area contributed by atoms with Crippen molar-refractivity contribution in [2.24, 2.45) is 58.7 Å². The number of rotatable bonds is 2. The normalized spacial score (nSPS) is 55.6. The Morgan fingerprint density at radius 2 is 1.74 bits per heavy atom. The van der Waals surface area contributed by atoms with Crippen LogP contribution in [0.4, 0.5) is 0 Å². The van der Waals surface area contributed by atoms with Crippen LogP contribution in [-0.4, -0.2) is 23.1 Å². The van der Waals surface area contributed by atoms with Crippen molar-refractivity contribution in [1.82, 2.24) is 0 Å². The van der Waals surface area contributed by atoms with Crippen LogP contribution in [-0.2, 0) is 19.1 Å². The number of hydrogen-bond acceptors (Lipinski definition) is 4. The maximum Gasteiger partial charge on any atom is 0.310 e. The minimum absolute atomic E-state index is 0.0561. The van der Waals surface area contributed by atoms with E-state index < -0.39 is 5.60 Å². The van der Waals surface area contributed by atoms with E-state index in [2.05, 4.69) is 20.8 Å². The molecule has 0 aromatic rings. The standard InChI is InChI=1S/C23H28O4/c1-22(2)10-4-7-15(22)23(3,9-10)27-21(26)14-8-13-16-11-5-6-12(19(11)24)17(16)18(14)20(13)25/h5-6,10-18H,4,7-9H2,1-3H3. The molecule has 0 N–H and O–H groups in total. The van der Waals surface area contributed by atoms with Gasteiger partial charge in [-0.05, 0) is 55.8 Å². The second-order valence-corrected chi connectivity index (χ2v) is 11.0. The Bertz CT molecular complexity index is 809. The van der Waals surface area contributed by atoms with Crippen LogP contribution in [0.1, 0.15) is 46.5 Å². The summed E-state index contributed by atoms with van der Waals surface area (Å²) in [4.78, 5) is 38.6. The predicted octanol–water partition coefficient (Wildman–Crippen LogP) is 3.20. The van der Waals surface area contributed by atoms with Crippen molar-refractivity contribution in [3.63, 3.8) is 0 Å². The first-order chi connectivity index (χ1) is 12.7. The highest BCUT2D eigenvalue weighted by Gasteiger charge is 2.70. The van der Waals surface area contributed by atoms with Crippen LogP contribution in [0.15, 0.2) is 12.2 Å². The predicted molar refractivity (Wildman–Crippen MR) is 97.3 cm³/mol. The fraction of sp³-hybridized carbons (Fsp3) is 0.783. The van der Waals surface area contributed by atoms with Crippen molar-refractivity contribution in [3.05, 3.63) is 12.2 Å². The Morgan fingerprint density at radius 1 is 1.04 bits per heavy atom. The van der Waals surface area contributed by atoms with E-state index in [4.69, 9.17) is 4.74 Å². The first kappa shape index (κ1) is 16.5. The number of esters is 1. The molecule has 6 rings (SSSR count). The van der Waals surface area contributed by atoms with Gasteiger partial charge >= 0.3 is 5.97 Å². The second kappa shape index (κ2) is 4.75. The van der Waals surface area contributed by atoms with Crippen molar-refractivity contribution < 1.29 is 19.1 Å². The zero-order valence-corrected chi connectivity index (χ0v) is 16.3. The number of ketones is 2. The van der Waals surface area contributed by atoms with Crippen molar-refractivity contribution in [2.75, 3.05) is 0 Å². The quantitative estimate of drug-likeness (QED) is 0.427. The summed E-state index contributed by atoms with van der Waals surface area (Å²) in [6, 6.07) is 0. The number of fused-ring (bicyclic) bond motifs is 11. The number of Topliss-reactive ketones (excluding diaryl/α,β-unsaturated/α-hetero) is 2. The minimum Gasteiger partial charge on any atom is -0.459 e. The Labute approximate surface area is 160 Å². The van der Waals surface area contributed by atoms with E-state index in [9.17, 15) is 14.4 Å². The van der Waals surface area contributed by atoms with Gasteiger partial charge in [0.1, 0.15) is 17.2 Å². The minimum atomic E-state index is -0.391. The van der Waals surface area contributed by atoms with Gasteiger partial charge in [0.2, 0.25) is 0 Å². The third-order valence-electron chi connectivity index (χ3n) is 9.75. The molecule has 0 aliphatic heterocycles. The van der Waals surface area contributed by atoms with Gasteiger partial charge in [0.05, 0.1) is 5.92 Å². The number of allylic oxidation sites excluding steroid dienone is 2. The lowest BCUT2D eigenvalue weighted by Crippen LogP contribution is -2.43. The highest BCUT2D eigenvalue weighted by molar-refractivity contribution is 6.01. The molecule has 0 amide bonds. The van der Waals surface area contributed by atoms with Crippen molar-refractivity contribution in [1.29, 1.82) is 0 Å². The fourth-order valence-electron chi connectivity index (χ4n) is 8.68. The molecule has 0 aromatic carbocycles. The summed E-state index contributed by atoms with van der Waals surface area (Å²) >= 11 is 0. The van der Waals surface area contributed by atoms with Gasteiger partial charge in [-0.25, -0.2) is 0 Å². The summed E-state index contributed by atoms with van der Waals surface area (Å²) in [6.07, 6.45) is 7.91. The van der Waals surface area contributed by atoms with Gasteiger partial charge in [0.15, 0.2) is 0 Å². The van der Waals surface area contributed by atoms with Crippen molar-refractivity contribution in [2.45, 2.75) is 52.1 Å². The fourth-order valence-corrected chi connectivity index (χ4v) is 8.68. The average Bonchev–Trinajstić information content (AvgIpc) is 3.38. The Kier molecular flexibility index (Phi) is 2.90. The van der Waals surface area contributed by atoms with Gasteiger partial charge in [-0.2, -0.15) is 0 Å². The largest absolute Gasteiger partial charge is 0.459 e. The SMILES string of the molecule is CC1(OC(=O)C2CC3C(=O)C2C2C4C=CC(C4=O)C32)CC2CCC1C2(C)C. The van der Waals surface area contributed by atoms with E-state index in [0.717, 1.165) is 12.8 Å². The van der Waals surface area contributed by atoms with Gasteiger partial charge in [-0.3, -0.25) is 14.4 Å². The Morgan fingerprint density at radius 3 is 2.37 bits per heavy atom. The Hall–Kier alpha value is -1.45. The van der Waals surface area contributed by atoms with Crippen molar-refractivity contribution >= 4 is 17.5 Å². The zero-order valence-electron chi connectivity index (χ0n) is 16.3. The van der Waals surface area contributed by atoms with Gasteiger partial charge in [-0.1, -0.05) is 26.0 Å². The third kappa shape index (κ3) is 1.75. The first-order valence-corrected chi connectivity index (χ1v) is 10.7. The zero-order chi connectivity index (χ0) is 18.9. The first-order valence-electron chi connectivity index (χ1n) is 10.7. The molecule has 5 saturated carbocycles. The van der Waals surface area contributed by atoms with E-state index in [0.29, 0.717) is 18.3 Å². The van der Waals surface area contributed by atoms with Crippen LogP contribution in [0.3, 0.4) is 0 Å². The molecule has 10 atom stereocenters. The number of carbonyl (C=O) groups excluding carboxylic acids is 3. The lowest BCUT2D eigenvalue weighted by atomic mass is 9.69. The summed E-state index contributed by atoms with van der Waals surface area (Å²) in [7, 11) is 0. The maximum atomic E-state index is 13.2. The molecule has 6 aliphatic carbocycles. The molecule has 0 heterocycles. The molecule has 0 saturated heterocycles. The molecule has 0 aromatic heterocycles. The molecule has 27 heavy (non-hydrogen) atoms. The van der Waals surface area contributed by atoms with Gasteiger partial charge in [0.25, 0.3) is 0 Å². The molecule has 0 radical (unpaired) electrons. The number of hydrogen-bond donors (Lipinski definition) is 0. The van der Waals surface area contributed by atoms with Crippen LogP contribution in [0, 0.1) is 58.7 Å². The van der Waals surface area contributed by atoms with Crippen molar-refractivity contribution in [3.8, 4) is 0 Å². The van der Waals surface area contributed by atoms with E-state index in [1.54, 1.807) is 0 Å². The second-order valence-electron chi connectivity index (χ2n) is 11.0. The topological polar surface area (TPSA) is 60.4 Å². The molecule has 4 heteroatoms. The molecule has 5 fully saturated rings. The molecule has 144 valence electrons.